The van der Waals surface area contributed by atoms with Gasteiger partial charge in [0.05, 0.1) is 6.10 Å². The lowest BCUT2D eigenvalue weighted by atomic mass is 9.98. The zero-order valence-electron chi connectivity index (χ0n) is 8.74. The largest absolute Gasteiger partial charge is 0.388 e. The summed E-state index contributed by atoms with van der Waals surface area (Å²) in [4.78, 5) is 0. The van der Waals surface area contributed by atoms with Crippen molar-refractivity contribution in [3.63, 3.8) is 0 Å². The summed E-state index contributed by atoms with van der Waals surface area (Å²) < 4.78 is 0. The lowest BCUT2D eigenvalue weighted by molar-refractivity contribution is 0.164. The van der Waals surface area contributed by atoms with E-state index in [2.05, 4.69) is 13.0 Å². The summed E-state index contributed by atoms with van der Waals surface area (Å²) in [7, 11) is 0. The van der Waals surface area contributed by atoms with E-state index in [1.165, 1.54) is 5.56 Å². The number of aliphatic hydroxyl groups excluding tert-OH is 1. The molecule has 2 heteroatoms. The van der Waals surface area contributed by atoms with Gasteiger partial charge in [-0.2, -0.15) is 0 Å². The standard InChI is InChI=1S/C12H19NO/c1-2-10-6-3-4-7-11(10)12(14)8-5-9-13/h3-4,6-7,12,14H,2,5,8-9,13H2,1H3. The van der Waals surface area contributed by atoms with Crippen molar-refractivity contribution in [2.24, 2.45) is 5.73 Å². The maximum Gasteiger partial charge on any atom is 0.0793 e. The van der Waals surface area contributed by atoms with Crippen molar-refractivity contribution >= 4 is 0 Å². The highest BCUT2D eigenvalue weighted by Gasteiger charge is 2.09. The first-order valence-electron chi connectivity index (χ1n) is 5.25. The molecule has 1 aromatic rings. The monoisotopic (exact) mass is 193 g/mol. The molecule has 0 aliphatic heterocycles. The van der Waals surface area contributed by atoms with Gasteiger partial charge in [-0.1, -0.05) is 31.2 Å². The zero-order chi connectivity index (χ0) is 10.4. The van der Waals surface area contributed by atoms with Gasteiger partial charge in [-0.05, 0) is 36.9 Å². The van der Waals surface area contributed by atoms with E-state index >= 15 is 0 Å². The molecule has 0 saturated heterocycles. The first kappa shape index (κ1) is 11.2. The number of hydrogen-bond acceptors (Lipinski definition) is 2. The summed E-state index contributed by atoms with van der Waals surface area (Å²) in [5.41, 5.74) is 7.71. The van der Waals surface area contributed by atoms with Crippen LogP contribution >= 0.6 is 0 Å². The second-order valence-corrected chi connectivity index (χ2v) is 3.50. The minimum absolute atomic E-state index is 0.352. The van der Waals surface area contributed by atoms with Crippen LogP contribution in [-0.4, -0.2) is 11.7 Å². The third-order valence-corrected chi connectivity index (χ3v) is 2.48. The zero-order valence-corrected chi connectivity index (χ0v) is 8.74. The van der Waals surface area contributed by atoms with E-state index in [-0.39, 0.29) is 6.10 Å². The second-order valence-electron chi connectivity index (χ2n) is 3.50. The summed E-state index contributed by atoms with van der Waals surface area (Å²) >= 11 is 0. The van der Waals surface area contributed by atoms with Gasteiger partial charge in [0.15, 0.2) is 0 Å². The smallest absolute Gasteiger partial charge is 0.0793 e. The second kappa shape index (κ2) is 5.78. The third kappa shape index (κ3) is 2.82. The van der Waals surface area contributed by atoms with Crippen molar-refractivity contribution in [2.45, 2.75) is 32.3 Å². The molecular formula is C12H19NO. The molecule has 14 heavy (non-hydrogen) atoms. The molecule has 0 aromatic heterocycles. The number of hydrogen-bond donors (Lipinski definition) is 2. The minimum Gasteiger partial charge on any atom is -0.388 e. The van der Waals surface area contributed by atoms with E-state index < -0.39 is 0 Å². The van der Waals surface area contributed by atoms with E-state index in [4.69, 9.17) is 5.73 Å². The van der Waals surface area contributed by atoms with Crippen LogP contribution < -0.4 is 5.73 Å². The number of nitrogens with two attached hydrogens (primary N) is 1. The van der Waals surface area contributed by atoms with Crippen molar-refractivity contribution in [3.8, 4) is 0 Å². The fourth-order valence-electron chi connectivity index (χ4n) is 1.65. The highest BCUT2D eigenvalue weighted by Crippen LogP contribution is 2.22. The van der Waals surface area contributed by atoms with E-state index in [0.717, 1.165) is 24.8 Å². The Morgan fingerprint density at radius 2 is 2.07 bits per heavy atom. The van der Waals surface area contributed by atoms with Crippen molar-refractivity contribution in [2.75, 3.05) is 6.54 Å². The van der Waals surface area contributed by atoms with Crippen LogP contribution in [-0.2, 0) is 6.42 Å². The summed E-state index contributed by atoms with van der Waals surface area (Å²) in [6.07, 6.45) is 2.25. The van der Waals surface area contributed by atoms with E-state index in [0.29, 0.717) is 6.54 Å². The third-order valence-electron chi connectivity index (χ3n) is 2.48. The average Bonchev–Trinajstić information content (AvgIpc) is 2.25. The maximum atomic E-state index is 9.91. The van der Waals surface area contributed by atoms with Crippen LogP contribution in [0.15, 0.2) is 24.3 Å². The number of aryl methyl sites for hydroxylation is 1. The molecule has 0 bridgehead atoms. The predicted molar refractivity (Wildman–Crippen MR) is 59.1 cm³/mol. The normalized spacial score (nSPS) is 12.8. The molecule has 3 N–H and O–H groups in total. The molecule has 0 radical (unpaired) electrons. The average molecular weight is 193 g/mol. The van der Waals surface area contributed by atoms with Crippen LogP contribution in [0.2, 0.25) is 0 Å². The number of rotatable bonds is 5. The van der Waals surface area contributed by atoms with Crippen molar-refractivity contribution in [1.29, 1.82) is 0 Å². The summed E-state index contributed by atoms with van der Waals surface area (Å²) in [6.45, 7) is 2.75. The molecule has 0 aliphatic carbocycles. The van der Waals surface area contributed by atoms with Gasteiger partial charge in [-0.3, -0.25) is 0 Å². The maximum absolute atomic E-state index is 9.91. The van der Waals surface area contributed by atoms with Crippen LogP contribution in [0.5, 0.6) is 0 Å². The Balaban J connectivity index is 2.72. The van der Waals surface area contributed by atoms with Gasteiger partial charge < -0.3 is 10.8 Å². The molecule has 78 valence electrons. The first-order valence-corrected chi connectivity index (χ1v) is 5.25. The minimum atomic E-state index is -0.352. The van der Waals surface area contributed by atoms with Gasteiger partial charge in [-0.25, -0.2) is 0 Å². The van der Waals surface area contributed by atoms with Crippen LogP contribution in [0.3, 0.4) is 0 Å². The van der Waals surface area contributed by atoms with Gasteiger partial charge in [0.2, 0.25) is 0 Å². The van der Waals surface area contributed by atoms with Crippen LogP contribution in [0.1, 0.15) is 37.0 Å². The van der Waals surface area contributed by atoms with Crippen molar-refractivity contribution in [3.05, 3.63) is 35.4 Å². The Bertz CT molecular complexity index is 273. The molecule has 1 atom stereocenters. The molecule has 0 spiro atoms. The molecular weight excluding hydrogens is 174 g/mol. The fourth-order valence-corrected chi connectivity index (χ4v) is 1.65. The SMILES string of the molecule is CCc1ccccc1C(O)CCCN. The number of aliphatic hydroxyl groups is 1. The van der Waals surface area contributed by atoms with E-state index in [9.17, 15) is 5.11 Å². The van der Waals surface area contributed by atoms with Gasteiger partial charge in [0.1, 0.15) is 0 Å². The van der Waals surface area contributed by atoms with Crippen LogP contribution in [0.4, 0.5) is 0 Å². The molecule has 1 rings (SSSR count). The van der Waals surface area contributed by atoms with Gasteiger partial charge in [0, 0.05) is 0 Å². The first-order chi connectivity index (χ1) is 6.79. The summed E-state index contributed by atoms with van der Waals surface area (Å²) in [5, 5.41) is 9.91. The lowest BCUT2D eigenvalue weighted by Crippen LogP contribution is -2.05. The van der Waals surface area contributed by atoms with Crippen molar-refractivity contribution in [1.82, 2.24) is 0 Å². The molecule has 1 unspecified atom stereocenters. The molecule has 2 nitrogen and oxygen atoms in total. The Labute approximate surface area is 85.8 Å². The van der Waals surface area contributed by atoms with Crippen molar-refractivity contribution < 1.29 is 5.11 Å². The summed E-state index contributed by atoms with van der Waals surface area (Å²) in [6, 6.07) is 8.05. The molecule has 1 aromatic carbocycles. The Morgan fingerprint density at radius 3 is 2.71 bits per heavy atom. The van der Waals surface area contributed by atoms with E-state index in [1.54, 1.807) is 0 Å². The van der Waals surface area contributed by atoms with Gasteiger partial charge in [-0.15, -0.1) is 0 Å². The molecule has 0 aliphatic rings. The Morgan fingerprint density at radius 1 is 1.36 bits per heavy atom. The Kier molecular flexibility index (Phi) is 4.63. The van der Waals surface area contributed by atoms with E-state index in [1.807, 2.05) is 18.2 Å². The van der Waals surface area contributed by atoms with Crippen LogP contribution in [0, 0.1) is 0 Å². The fraction of sp³-hybridized carbons (Fsp3) is 0.500. The Hall–Kier alpha value is -0.860. The molecule has 0 fully saturated rings. The van der Waals surface area contributed by atoms with Gasteiger partial charge in [0.25, 0.3) is 0 Å². The lowest BCUT2D eigenvalue weighted by Gasteiger charge is -2.14. The molecule has 0 saturated carbocycles. The summed E-state index contributed by atoms with van der Waals surface area (Å²) in [5.74, 6) is 0. The molecule has 0 amide bonds. The van der Waals surface area contributed by atoms with Gasteiger partial charge >= 0.3 is 0 Å². The highest BCUT2D eigenvalue weighted by atomic mass is 16.3. The quantitative estimate of drug-likeness (QED) is 0.751. The molecule has 0 heterocycles. The topological polar surface area (TPSA) is 46.2 Å². The number of benzene rings is 1. The highest BCUT2D eigenvalue weighted by molar-refractivity contribution is 5.28. The van der Waals surface area contributed by atoms with Crippen LogP contribution in [0.25, 0.3) is 0 Å². The predicted octanol–water partition coefficient (Wildman–Crippen LogP) is 2.02.